The highest BCUT2D eigenvalue weighted by atomic mass is 79.9. The van der Waals surface area contributed by atoms with Crippen molar-refractivity contribution in [3.8, 4) is 0 Å². The van der Waals surface area contributed by atoms with Crippen LogP contribution in [0.4, 0.5) is 0 Å². The molecule has 1 aromatic carbocycles. The van der Waals surface area contributed by atoms with Gasteiger partial charge in [0.2, 0.25) is 5.91 Å². The topological polar surface area (TPSA) is 55.1 Å². The number of carbonyl (C=O) groups is 1. The molecule has 0 aliphatic carbocycles. The third-order valence-electron chi connectivity index (χ3n) is 3.38. The van der Waals surface area contributed by atoms with Crippen LogP contribution in [0.1, 0.15) is 32.8 Å². The van der Waals surface area contributed by atoms with Crippen molar-refractivity contribution in [2.45, 2.75) is 45.7 Å². The van der Waals surface area contributed by atoms with E-state index in [2.05, 4.69) is 33.4 Å². The van der Waals surface area contributed by atoms with Gasteiger partial charge in [-0.3, -0.25) is 4.79 Å². The molecule has 1 amide bonds. The lowest BCUT2D eigenvalue weighted by atomic mass is 9.98. The van der Waals surface area contributed by atoms with Gasteiger partial charge in [0.05, 0.1) is 6.04 Å². The summed E-state index contributed by atoms with van der Waals surface area (Å²) < 4.78 is 1.06. The second-order valence-corrected chi connectivity index (χ2v) is 6.07. The van der Waals surface area contributed by atoms with Crippen LogP contribution in [-0.2, 0) is 11.2 Å². The van der Waals surface area contributed by atoms with Crippen molar-refractivity contribution in [3.05, 3.63) is 34.3 Å². The van der Waals surface area contributed by atoms with E-state index in [1.165, 1.54) is 5.56 Å². The van der Waals surface area contributed by atoms with Gasteiger partial charge in [-0.1, -0.05) is 48.3 Å². The van der Waals surface area contributed by atoms with Crippen LogP contribution >= 0.6 is 15.9 Å². The molecule has 0 heterocycles. The van der Waals surface area contributed by atoms with Crippen molar-refractivity contribution < 1.29 is 4.79 Å². The van der Waals surface area contributed by atoms with Gasteiger partial charge in [0, 0.05) is 10.5 Å². The molecule has 1 rings (SSSR count). The number of carbonyl (C=O) groups excluding carboxylic acids is 1. The first-order valence-corrected chi connectivity index (χ1v) is 7.53. The number of amides is 1. The average Bonchev–Trinajstić information content (AvgIpc) is 2.36. The number of nitrogens with one attached hydrogen (secondary N) is 1. The first kappa shape index (κ1) is 16.2. The Morgan fingerprint density at radius 3 is 2.68 bits per heavy atom. The number of halogens is 1. The third kappa shape index (κ3) is 5.33. The fourth-order valence-corrected chi connectivity index (χ4v) is 2.37. The molecule has 0 aliphatic heterocycles. The van der Waals surface area contributed by atoms with Gasteiger partial charge in [-0.15, -0.1) is 0 Å². The summed E-state index contributed by atoms with van der Waals surface area (Å²) in [6.07, 6.45) is 1.72. The number of benzene rings is 1. The van der Waals surface area contributed by atoms with Gasteiger partial charge in [0.1, 0.15) is 0 Å². The van der Waals surface area contributed by atoms with E-state index in [1.807, 2.05) is 32.9 Å². The number of hydrogen-bond donors (Lipinski definition) is 2. The first-order valence-electron chi connectivity index (χ1n) is 6.74. The fraction of sp³-hybridized carbons (Fsp3) is 0.533. The zero-order chi connectivity index (χ0) is 14.4. The van der Waals surface area contributed by atoms with E-state index >= 15 is 0 Å². The Balaban J connectivity index is 2.51. The molecule has 0 saturated heterocycles. The summed E-state index contributed by atoms with van der Waals surface area (Å²) in [4.78, 5) is 12.0. The standard InChI is InChI=1S/C15H23BrN2O/c1-4-10(2)14(17)15(19)18-11(3)8-12-6-5-7-13(16)9-12/h5-7,9-11,14H,4,8,17H2,1-3H3,(H,18,19). The molecule has 4 heteroatoms. The highest BCUT2D eigenvalue weighted by molar-refractivity contribution is 9.10. The minimum atomic E-state index is -0.421. The maximum atomic E-state index is 12.0. The van der Waals surface area contributed by atoms with Crippen molar-refractivity contribution in [1.82, 2.24) is 5.32 Å². The molecule has 3 N–H and O–H groups in total. The lowest BCUT2D eigenvalue weighted by Gasteiger charge is -2.21. The maximum absolute atomic E-state index is 12.0. The van der Waals surface area contributed by atoms with Crippen LogP contribution in [0.3, 0.4) is 0 Å². The van der Waals surface area contributed by atoms with Gasteiger partial charge in [-0.25, -0.2) is 0 Å². The molecule has 1 aromatic rings. The number of rotatable bonds is 6. The van der Waals surface area contributed by atoms with Crippen LogP contribution in [0, 0.1) is 5.92 Å². The molecule has 0 fully saturated rings. The molecule has 0 radical (unpaired) electrons. The van der Waals surface area contributed by atoms with Gasteiger partial charge in [-0.2, -0.15) is 0 Å². The van der Waals surface area contributed by atoms with Gasteiger partial charge in [0.15, 0.2) is 0 Å². The van der Waals surface area contributed by atoms with Crippen molar-refractivity contribution in [2.24, 2.45) is 11.7 Å². The van der Waals surface area contributed by atoms with Crippen molar-refractivity contribution >= 4 is 21.8 Å². The summed E-state index contributed by atoms with van der Waals surface area (Å²) in [5.74, 6) is 0.148. The summed E-state index contributed by atoms with van der Waals surface area (Å²) in [6.45, 7) is 6.05. The summed E-state index contributed by atoms with van der Waals surface area (Å²) in [7, 11) is 0. The molecule has 0 spiro atoms. The minimum absolute atomic E-state index is 0.0585. The summed E-state index contributed by atoms with van der Waals surface area (Å²) >= 11 is 3.45. The molecule has 3 nitrogen and oxygen atoms in total. The summed E-state index contributed by atoms with van der Waals surface area (Å²) in [5.41, 5.74) is 7.11. The Labute approximate surface area is 124 Å². The quantitative estimate of drug-likeness (QED) is 0.844. The van der Waals surface area contributed by atoms with E-state index in [-0.39, 0.29) is 17.9 Å². The highest BCUT2D eigenvalue weighted by Crippen LogP contribution is 2.13. The Kier molecular flexibility index (Phi) is 6.52. The predicted molar refractivity (Wildman–Crippen MR) is 82.9 cm³/mol. The van der Waals surface area contributed by atoms with Gasteiger partial charge in [0.25, 0.3) is 0 Å². The normalized spacial score (nSPS) is 15.6. The van der Waals surface area contributed by atoms with Crippen LogP contribution in [0.15, 0.2) is 28.7 Å². The molecule has 3 atom stereocenters. The molecular weight excluding hydrogens is 304 g/mol. The molecule has 0 saturated carbocycles. The highest BCUT2D eigenvalue weighted by Gasteiger charge is 2.20. The minimum Gasteiger partial charge on any atom is -0.352 e. The zero-order valence-corrected chi connectivity index (χ0v) is 13.4. The Morgan fingerprint density at radius 2 is 2.11 bits per heavy atom. The maximum Gasteiger partial charge on any atom is 0.237 e. The number of nitrogens with two attached hydrogens (primary N) is 1. The van der Waals surface area contributed by atoms with Crippen LogP contribution < -0.4 is 11.1 Å². The van der Waals surface area contributed by atoms with Crippen molar-refractivity contribution in [1.29, 1.82) is 0 Å². The van der Waals surface area contributed by atoms with Gasteiger partial charge < -0.3 is 11.1 Å². The van der Waals surface area contributed by atoms with Crippen LogP contribution in [0.5, 0.6) is 0 Å². The molecule has 0 bridgehead atoms. The van der Waals surface area contributed by atoms with Crippen molar-refractivity contribution in [3.63, 3.8) is 0 Å². The zero-order valence-electron chi connectivity index (χ0n) is 11.8. The van der Waals surface area contributed by atoms with Crippen LogP contribution in [0.2, 0.25) is 0 Å². The third-order valence-corrected chi connectivity index (χ3v) is 3.87. The molecular formula is C15H23BrN2O. The Hall–Kier alpha value is -0.870. The van der Waals surface area contributed by atoms with Gasteiger partial charge in [-0.05, 0) is 37.0 Å². The van der Waals surface area contributed by atoms with Crippen molar-refractivity contribution in [2.75, 3.05) is 0 Å². The van der Waals surface area contributed by atoms with E-state index in [1.54, 1.807) is 0 Å². The van der Waals surface area contributed by atoms with Gasteiger partial charge >= 0.3 is 0 Å². The summed E-state index contributed by atoms with van der Waals surface area (Å²) in [6, 6.07) is 7.77. The van der Waals surface area contributed by atoms with Crippen LogP contribution in [-0.4, -0.2) is 18.0 Å². The Morgan fingerprint density at radius 1 is 1.42 bits per heavy atom. The summed E-state index contributed by atoms with van der Waals surface area (Å²) in [5, 5.41) is 2.98. The second-order valence-electron chi connectivity index (χ2n) is 5.15. The van der Waals surface area contributed by atoms with E-state index in [4.69, 9.17) is 5.73 Å². The molecule has 0 aliphatic rings. The predicted octanol–water partition coefficient (Wildman–Crippen LogP) is 2.87. The molecule has 19 heavy (non-hydrogen) atoms. The molecule has 0 aromatic heterocycles. The second kappa shape index (κ2) is 7.65. The Bertz CT molecular complexity index is 422. The van der Waals surface area contributed by atoms with E-state index in [0.717, 1.165) is 17.3 Å². The van der Waals surface area contributed by atoms with E-state index in [9.17, 15) is 4.79 Å². The van der Waals surface area contributed by atoms with Crippen LogP contribution in [0.25, 0.3) is 0 Å². The van der Waals surface area contributed by atoms with E-state index < -0.39 is 6.04 Å². The monoisotopic (exact) mass is 326 g/mol. The first-order chi connectivity index (χ1) is 8.93. The molecule has 106 valence electrons. The van der Waals surface area contributed by atoms with E-state index in [0.29, 0.717) is 0 Å². The molecule has 3 unspecified atom stereocenters. The fourth-order valence-electron chi connectivity index (χ4n) is 1.92. The lowest BCUT2D eigenvalue weighted by Crippen LogP contribution is -2.48. The SMILES string of the molecule is CCC(C)C(N)C(=O)NC(C)Cc1cccc(Br)c1. The average molecular weight is 327 g/mol. The number of hydrogen-bond acceptors (Lipinski definition) is 2. The lowest BCUT2D eigenvalue weighted by molar-refractivity contribution is -0.124. The largest absolute Gasteiger partial charge is 0.352 e. The smallest absolute Gasteiger partial charge is 0.237 e.